The molecule has 4 heteroatoms. The van der Waals surface area contributed by atoms with E-state index in [1.807, 2.05) is 30.3 Å². The predicted octanol–water partition coefficient (Wildman–Crippen LogP) is 15.1. The van der Waals surface area contributed by atoms with Gasteiger partial charge >= 0.3 is 0 Å². The Morgan fingerprint density at radius 2 is 0.875 bits per heavy atom. The van der Waals surface area contributed by atoms with Gasteiger partial charge < -0.3 is 4.42 Å². The molecular weight excluding hydrogens is 779 g/mol. The van der Waals surface area contributed by atoms with Gasteiger partial charge in [0.1, 0.15) is 11.2 Å². The van der Waals surface area contributed by atoms with Crippen LogP contribution in [0.15, 0.2) is 229 Å². The van der Waals surface area contributed by atoms with E-state index in [2.05, 4.69) is 194 Å². The molecule has 298 valence electrons. The summed E-state index contributed by atoms with van der Waals surface area (Å²) in [4.78, 5) is 16.2. The zero-order chi connectivity index (χ0) is 42.2. The van der Waals surface area contributed by atoms with Crippen LogP contribution < -0.4 is 0 Å². The second-order valence-electron chi connectivity index (χ2n) is 16.7. The third-order valence-electron chi connectivity index (χ3n) is 13.2. The largest absolute Gasteiger partial charge is 0.456 e. The topological polar surface area (TPSA) is 51.8 Å². The molecular formula is C60H37N3O. The van der Waals surface area contributed by atoms with E-state index in [1.54, 1.807) is 0 Å². The molecule has 4 nitrogen and oxygen atoms in total. The Hall–Kier alpha value is -8.47. The summed E-state index contributed by atoms with van der Waals surface area (Å²) in [5.74, 6) is 1.78. The first-order valence-electron chi connectivity index (χ1n) is 21.8. The molecule has 13 rings (SSSR count). The molecule has 0 amide bonds. The van der Waals surface area contributed by atoms with Gasteiger partial charge in [0.25, 0.3) is 0 Å². The zero-order valence-corrected chi connectivity index (χ0v) is 34.6. The van der Waals surface area contributed by atoms with E-state index in [0.717, 1.165) is 55.3 Å². The van der Waals surface area contributed by atoms with Crippen LogP contribution in [-0.2, 0) is 5.41 Å². The van der Waals surface area contributed by atoms with Gasteiger partial charge in [-0.2, -0.15) is 0 Å². The van der Waals surface area contributed by atoms with Crippen LogP contribution in [0.4, 0.5) is 0 Å². The first-order chi connectivity index (χ1) is 31.7. The van der Waals surface area contributed by atoms with Gasteiger partial charge in [-0.05, 0) is 102 Å². The highest BCUT2D eigenvalue weighted by molar-refractivity contribution is 6.13. The summed E-state index contributed by atoms with van der Waals surface area (Å²) in [5.41, 5.74) is 13.1. The van der Waals surface area contributed by atoms with Crippen molar-refractivity contribution in [1.29, 1.82) is 0 Å². The predicted molar refractivity (Wildman–Crippen MR) is 261 cm³/mol. The smallest absolute Gasteiger partial charge is 0.164 e. The molecule has 1 atom stereocenters. The van der Waals surface area contributed by atoms with Crippen molar-refractivity contribution in [1.82, 2.24) is 15.0 Å². The summed E-state index contributed by atoms with van der Waals surface area (Å²) in [6.07, 6.45) is 0. The monoisotopic (exact) mass is 815 g/mol. The van der Waals surface area contributed by atoms with E-state index in [-0.39, 0.29) is 0 Å². The van der Waals surface area contributed by atoms with Crippen molar-refractivity contribution in [2.75, 3.05) is 0 Å². The summed E-state index contributed by atoms with van der Waals surface area (Å²) < 4.78 is 6.58. The molecule has 12 aromatic rings. The van der Waals surface area contributed by atoms with E-state index < -0.39 is 5.41 Å². The van der Waals surface area contributed by atoms with Gasteiger partial charge in [0.2, 0.25) is 0 Å². The van der Waals surface area contributed by atoms with E-state index in [9.17, 15) is 0 Å². The molecule has 2 heterocycles. The van der Waals surface area contributed by atoms with Crippen LogP contribution in [0.5, 0.6) is 0 Å². The van der Waals surface area contributed by atoms with Gasteiger partial charge in [0.15, 0.2) is 17.5 Å². The summed E-state index contributed by atoms with van der Waals surface area (Å²) in [6.45, 7) is 0. The molecule has 1 aliphatic carbocycles. The Morgan fingerprint density at radius 3 is 1.66 bits per heavy atom. The lowest BCUT2D eigenvalue weighted by molar-refractivity contribution is 0.669. The zero-order valence-electron chi connectivity index (χ0n) is 34.6. The van der Waals surface area contributed by atoms with Crippen LogP contribution in [0.25, 0.3) is 99.9 Å². The van der Waals surface area contributed by atoms with Crippen molar-refractivity contribution in [3.8, 4) is 56.4 Å². The first-order valence-corrected chi connectivity index (χ1v) is 21.8. The van der Waals surface area contributed by atoms with Crippen molar-refractivity contribution in [3.63, 3.8) is 0 Å². The Labute approximate surface area is 369 Å². The second-order valence-corrected chi connectivity index (χ2v) is 16.7. The SMILES string of the molecule is c1ccc(-c2nc(-c3ccccc3C3(c4ccccc4)c4ccccc4-c4cc5ccccc5cc43)nc(-c3cccc4oc5ccc(-c6ccc7ccccc7c6)cc5c34)n2)cc1. The molecule has 0 bridgehead atoms. The second kappa shape index (κ2) is 14.3. The van der Waals surface area contributed by atoms with Gasteiger partial charge in [-0.15, -0.1) is 0 Å². The molecule has 1 aliphatic rings. The number of furan rings is 1. The summed E-state index contributed by atoms with van der Waals surface area (Å²) >= 11 is 0. The third-order valence-corrected chi connectivity index (χ3v) is 13.2. The minimum absolute atomic E-state index is 0.579. The highest BCUT2D eigenvalue weighted by atomic mass is 16.3. The third kappa shape index (κ3) is 5.52. The van der Waals surface area contributed by atoms with Crippen LogP contribution >= 0.6 is 0 Å². The van der Waals surface area contributed by atoms with Gasteiger partial charge in [0, 0.05) is 27.5 Å². The van der Waals surface area contributed by atoms with E-state index in [0.29, 0.717) is 17.5 Å². The molecule has 0 saturated heterocycles. The summed E-state index contributed by atoms with van der Waals surface area (Å²) in [6, 6.07) is 80.0. The molecule has 0 spiro atoms. The standard InChI is InChI=1S/C60H37N3O/c1-3-17-39(18-4-1)57-61-58(63-59(62-57)48-26-15-29-55-56(48)50-36-44(32-33-54(50)64-55)43-31-30-38-16-7-8-19-40(38)34-43)47-25-12-14-28-52(47)60(45-22-5-2-6-23-45)51-27-13-11-24-46(51)49-35-41-20-9-10-21-42(41)37-53(49)60/h1-37H. The maximum atomic E-state index is 6.58. The lowest BCUT2D eigenvalue weighted by atomic mass is 9.66. The van der Waals surface area contributed by atoms with Crippen LogP contribution in [0.3, 0.4) is 0 Å². The van der Waals surface area contributed by atoms with E-state index in [1.165, 1.54) is 49.4 Å². The van der Waals surface area contributed by atoms with Crippen molar-refractivity contribution in [2.45, 2.75) is 5.41 Å². The molecule has 0 N–H and O–H groups in total. The van der Waals surface area contributed by atoms with Crippen LogP contribution in [0, 0.1) is 0 Å². The minimum atomic E-state index is -0.687. The molecule has 0 aliphatic heterocycles. The Balaban J connectivity index is 1.07. The maximum absolute atomic E-state index is 6.58. The van der Waals surface area contributed by atoms with Crippen molar-refractivity contribution >= 4 is 43.5 Å². The number of aromatic nitrogens is 3. The minimum Gasteiger partial charge on any atom is -0.456 e. The fraction of sp³-hybridized carbons (Fsp3) is 0.0167. The van der Waals surface area contributed by atoms with Gasteiger partial charge in [0.05, 0.1) is 5.41 Å². The number of fused-ring (bicyclic) bond motifs is 8. The van der Waals surface area contributed by atoms with Crippen molar-refractivity contribution in [3.05, 3.63) is 247 Å². The van der Waals surface area contributed by atoms with Crippen LogP contribution in [0.1, 0.15) is 22.3 Å². The van der Waals surface area contributed by atoms with Crippen LogP contribution in [0.2, 0.25) is 0 Å². The number of hydrogen-bond acceptors (Lipinski definition) is 4. The summed E-state index contributed by atoms with van der Waals surface area (Å²) in [5, 5.41) is 6.81. The molecule has 0 fully saturated rings. The van der Waals surface area contributed by atoms with Crippen molar-refractivity contribution < 1.29 is 4.42 Å². The number of rotatable bonds is 6. The summed E-state index contributed by atoms with van der Waals surface area (Å²) in [7, 11) is 0. The fourth-order valence-corrected chi connectivity index (χ4v) is 10.3. The first kappa shape index (κ1) is 36.2. The molecule has 2 aromatic heterocycles. The molecule has 64 heavy (non-hydrogen) atoms. The van der Waals surface area contributed by atoms with Gasteiger partial charge in [-0.3, -0.25) is 0 Å². The Morgan fingerprint density at radius 1 is 0.312 bits per heavy atom. The van der Waals surface area contributed by atoms with E-state index in [4.69, 9.17) is 19.4 Å². The highest BCUT2D eigenvalue weighted by Crippen LogP contribution is 2.58. The molecule has 10 aromatic carbocycles. The number of nitrogens with zero attached hydrogens (tertiary/aromatic N) is 3. The quantitative estimate of drug-likeness (QED) is 0.168. The Kier molecular flexibility index (Phi) is 8.09. The fourth-order valence-electron chi connectivity index (χ4n) is 10.3. The lowest BCUT2D eigenvalue weighted by Crippen LogP contribution is -2.29. The average molecular weight is 816 g/mol. The average Bonchev–Trinajstić information content (AvgIpc) is 3.89. The van der Waals surface area contributed by atoms with E-state index >= 15 is 0 Å². The highest BCUT2D eigenvalue weighted by Gasteiger charge is 2.47. The van der Waals surface area contributed by atoms with Gasteiger partial charge in [-0.25, -0.2) is 15.0 Å². The van der Waals surface area contributed by atoms with Crippen molar-refractivity contribution in [2.24, 2.45) is 0 Å². The maximum Gasteiger partial charge on any atom is 0.164 e. The molecule has 1 unspecified atom stereocenters. The Bertz CT molecular complexity index is 3800. The number of benzene rings is 10. The molecule has 0 saturated carbocycles. The number of hydrogen-bond donors (Lipinski definition) is 0. The lowest BCUT2D eigenvalue weighted by Gasteiger charge is -2.35. The van der Waals surface area contributed by atoms with Crippen LogP contribution in [-0.4, -0.2) is 15.0 Å². The molecule has 0 radical (unpaired) electrons. The normalized spacial score (nSPS) is 14.3. The van der Waals surface area contributed by atoms with Gasteiger partial charge in [-0.1, -0.05) is 188 Å².